The van der Waals surface area contributed by atoms with E-state index in [1.807, 2.05) is 56.3 Å². The Bertz CT molecular complexity index is 1900. The Morgan fingerprint density at radius 1 is 0.917 bits per heavy atom. The van der Waals surface area contributed by atoms with Crippen molar-refractivity contribution < 1.29 is 4.79 Å². The third kappa shape index (κ3) is 6.88. The number of rotatable bonds is 11. The van der Waals surface area contributed by atoms with Crippen molar-refractivity contribution in [2.45, 2.75) is 69.6 Å². The van der Waals surface area contributed by atoms with E-state index in [-0.39, 0.29) is 34.8 Å². The normalized spacial score (nSPS) is 18.9. The fraction of sp³-hybridized carbons (Fsp3) is 0.474. The zero-order valence-corrected chi connectivity index (χ0v) is 29.2. The summed E-state index contributed by atoms with van der Waals surface area (Å²) in [5.74, 6) is 0.0876. The summed E-state index contributed by atoms with van der Waals surface area (Å²) in [4.78, 5) is 52.5. The van der Waals surface area contributed by atoms with Crippen molar-refractivity contribution in [3.8, 4) is 16.8 Å². The van der Waals surface area contributed by atoms with Crippen molar-refractivity contribution in [1.82, 2.24) is 34.1 Å². The van der Waals surface area contributed by atoms with E-state index in [4.69, 9.17) is 0 Å². The minimum atomic E-state index is -0.385. The van der Waals surface area contributed by atoms with Gasteiger partial charge in [-0.3, -0.25) is 19.1 Å². The Kier molecular flexibility index (Phi) is 9.69. The molecule has 2 aromatic heterocycles. The van der Waals surface area contributed by atoms with Crippen molar-refractivity contribution in [2.24, 2.45) is 0 Å². The molecule has 0 atom stereocenters. The molecule has 2 fully saturated rings. The zero-order valence-electron chi connectivity index (χ0n) is 29.2. The van der Waals surface area contributed by atoms with Gasteiger partial charge in [0.05, 0.1) is 16.6 Å². The lowest BCUT2D eigenvalue weighted by molar-refractivity contribution is -0.128. The standard InChI is InChI=1S/C38H49N7O3/c1-26-22-33-34(39-24-26)44(32-9-7-8-29(23-32)28-12-10-27(11-13-28)25-43(6)21-20-41(2)3)37(48)45(35(33)46)31-16-14-30(15-17-31)40-36(47)38(18-19-38)42(4)5/h7-13,22-24,30-31H,14-21,25H2,1-6H3,(H,40,47). The number of nitrogens with zero attached hydrogens (tertiary/aromatic N) is 6. The Morgan fingerprint density at radius 2 is 1.62 bits per heavy atom. The molecule has 0 saturated heterocycles. The summed E-state index contributed by atoms with van der Waals surface area (Å²) in [5, 5.41) is 3.69. The van der Waals surface area contributed by atoms with Crippen LogP contribution in [0.1, 0.15) is 55.7 Å². The lowest BCUT2D eigenvalue weighted by Gasteiger charge is -2.32. The van der Waals surface area contributed by atoms with Gasteiger partial charge in [-0.2, -0.15) is 0 Å². The summed E-state index contributed by atoms with van der Waals surface area (Å²) in [5.41, 5.74) is 4.09. The average molecular weight is 652 g/mol. The molecule has 2 saturated carbocycles. The van der Waals surface area contributed by atoms with Gasteiger partial charge in [-0.15, -0.1) is 0 Å². The highest BCUT2D eigenvalue weighted by Crippen LogP contribution is 2.40. The maximum absolute atomic E-state index is 14.4. The number of carbonyl (C=O) groups excluding carboxylic acids is 1. The highest BCUT2D eigenvalue weighted by molar-refractivity contribution is 5.89. The molecule has 0 radical (unpaired) electrons. The molecular weight excluding hydrogens is 602 g/mol. The number of hydrogen-bond acceptors (Lipinski definition) is 7. The van der Waals surface area contributed by atoms with Gasteiger partial charge in [0.25, 0.3) is 5.56 Å². The number of pyridine rings is 1. The molecule has 1 N–H and O–H groups in total. The summed E-state index contributed by atoms with van der Waals surface area (Å²) in [6.07, 6.45) is 6.16. The Labute approximate surface area is 283 Å². The van der Waals surface area contributed by atoms with E-state index in [9.17, 15) is 14.4 Å². The second kappa shape index (κ2) is 13.8. The quantitative estimate of drug-likeness (QED) is 0.260. The van der Waals surface area contributed by atoms with Gasteiger partial charge >= 0.3 is 5.69 Å². The van der Waals surface area contributed by atoms with Gasteiger partial charge in [0.1, 0.15) is 0 Å². The Hall–Kier alpha value is -4.12. The molecule has 10 nitrogen and oxygen atoms in total. The van der Waals surface area contributed by atoms with Gasteiger partial charge in [0.15, 0.2) is 5.65 Å². The molecule has 0 unspecified atom stereocenters. The molecule has 2 aliphatic rings. The molecular formula is C38H49N7O3. The van der Waals surface area contributed by atoms with Crippen LogP contribution in [0.5, 0.6) is 0 Å². The van der Waals surface area contributed by atoms with Gasteiger partial charge in [-0.25, -0.2) is 14.3 Å². The maximum atomic E-state index is 14.4. The monoisotopic (exact) mass is 651 g/mol. The molecule has 1 amide bonds. The molecule has 4 aromatic rings. The molecule has 6 rings (SSSR count). The number of fused-ring (bicyclic) bond motifs is 1. The van der Waals surface area contributed by atoms with Crippen LogP contribution in [-0.4, -0.2) is 94.6 Å². The third-order valence-corrected chi connectivity index (χ3v) is 10.2. The maximum Gasteiger partial charge on any atom is 0.337 e. The molecule has 0 bridgehead atoms. The summed E-state index contributed by atoms with van der Waals surface area (Å²) >= 11 is 0. The van der Waals surface area contributed by atoms with Crippen LogP contribution in [0.3, 0.4) is 0 Å². The predicted molar refractivity (Wildman–Crippen MR) is 192 cm³/mol. The average Bonchev–Trinajstić information content (AvgIpc) is 3.88. The number of aryl methyl sites for hydroxylation is 1. The van der Waals surface area contributed by atoms with Crippen LogP contribution in [0, 0.1) is 6.92 Å². The molecule has 0 spiro atoms. The lowest BCUT2D eigenvalue weighted by atomic mass is 9.90. The van der Waals surface area contributed by atoms with Crippen molar-refractivity contribution in [1.29, 1.82) is 0 Å². The Morgan fingerprint density at radius 3 is 2.27 bits per heavy atom. The fourth-order valence-corrected chi connectivity index (χ4v) is 7.05. The van der Waals surface area contributed by atoms with Crippen LogP contribution in [-0.2, 0) is 11.3 Å². The molecule has 10 heteroatoms. The fourth-order valence-electron chi connectivity index (χ4n) is 7.05. The first-order valence-electron chi connectivity index (χ1n) is 17.1. The van der Waals surface area contributed by atoms with Crippen LogP contribution in [0.15, 0.2) is 70.4 Å². The molecule has 2 heterocycles. The summed E-state index contributed by atoms with van der Waals surface area (Å²) < 4.78 is 3.04. The molecule has 2 aliphatic carbocycles. The molecule has 254 valence electrons. The van der Waals surface area contributed by atoms with Gasteiger partial charge < -0.3 is 15.1 Å². The second-order valence-corrected chi connectivity index (χ2v) is 14.4. The van der Waals surface area contributed by atoms with Crippen LogP contribution in [0.4, 0.5) is 0 Å². The number of aromatic nitrogens is 3. The van der Waals surface area contributed by atoms with E-state index < -0.39 is 0 Å². The summed E-state index contributed by atoms with van der Waals surface area (Å²) in [7, 11) is 10.2. The smallest absolute Gasteiger partial charge is 0.337 e. The van der Waals surface area contributed by atoms with Crippen molar-refractivity contribution >= 4 is 16.9 Å². The third-order valence-electron chi connectivity index (χ3n) is 10.2. The first kappa shape index (κ1) is 33.8. The largest absolute Gasteiger partial charge is 0.352 e. The van der Waals surface area contributed by atoms with Crippen LogP contribution >= 0.6 is 0 Å². The Balaban J connectivity index is 1.28. The van der Waals surface area contributed by atoms with E-state index in [0.717, 1.165) is 49.2 Å². The van der Waals surface area contributed by atoms with E-state index in [1.165, 1.54) is 10.1 Å². The molecule has 0 aliphatic heterocycles. The van der Waals surface area contributed by atoms with Crippen molar-refractivity contribution in [3.63, 3.8) is 0 Å². The van der Waals surface area contributed by atoms with Gasteiger partial charge in [0.2, 0.25) is 5.91 Å². The van der Waals surface area contributed by atoms with Gasteiger partial charge in [-0.1, -0.05) is 36.4 Å². The lowest BCUT2D eigenvalue weighted by Crippen LogP contribution is -2.50. The highest BCUT2D eigenvalue weighted by atomic mass is 16.2. The number of likely N-dealkylation sites (N-methyl/N-ethyl adjacent to an activating group) is 3. The summed E-state index contributed by atoms with van der Waals surface area (Å²) in [6.45, 7) is 4.77. The number of carbonyl (C=O) groups is 1. The van der Waals surface area contributed by atoms with Crippen molar-refractivity contribution in [2.75, 3.05) is 48.3 Å². The van der Waals surface area contributed by atoms with E-state index in [2.05, 4.69) is 65.5 Å². The molecule has 2 aromatic carbocycles. The molecule has 48 heavy (non-hydrogen) atoms. The predicted octanol–water partition coefficient (Wildman–Crippen LogP) is 4.21. The number of nitrogens with one attached hydrogen (secondary N) is 1. The van der Waals surface area contributed by atoms with Crippen LogP contribution < -0.4 is 16.6 Å². The van der Waals surface area contributed by atoms with Crippen LogP contribution in [0.25, 0.3) is 27.8 Å². The van der Waals surface area contributed by atoms with E-state index in [0.29, 0.717) is 42.4 Å². The highest BCUT2D eigenvalue weighted by Gasteiger charge is 2.52. The minimum Gasteiger partial charge on any atom is -0.352 e. The van der Waals surface area contributed by atoms with Gasteiger partial charge in [-0.05, 0) is 121 Å². The first-order valence-corrected chi connectivity index (χ1v) is 17.1. The number of hydrogen-bond donors (Lipinski definition) is 1. The van der Waals surface area contributed by atoms with Gasteiger partial charge in [0, 0.05) is 37.9 Å². The number of amides is 1. The second-order valence-electron chi connectivity index (χ2n) is 14.4. The van der Waals surface area contributed by atoms with E-state index in [1.54, 1.807) is 10.8 Å². The van der Waals surface area contributed by atoms with Crippen molar-refractivity contribution in [3.05, 3.63) is 92.8 Å². The number of benzene rings is 2. The topological polar surface area (TPSA) is 95.7 Å². The van der Waals surface area contributed by atoms with Crippen LogP contribution in [0.2, 0.25) is 0 Å². The minimum absolute atomic E-state index is 0.0370. The van der Waals surface area contributed by atoms with E-state index >= 15 is 0 Å². The first-order chi connectivity index (χ1) is 23.0. The zero-order chi connectivity index (χ0) is 34.2. The summed E-state index contributed by atoms with van der Waals surface area (Å²) in [6, 6.07) is 18.1. The SMILES string of the molecule is Cc1cnc2c(c1)c(=O)n(C1CCC(NC(=O)C3(N(C)C)CC3)CC1)c(=O)n2-c1cccc(-c2ccc(CN(C)CCN(C)C)cc2)c1.